The van der Waals surface area contributed by atoms with Crippen LogP contribution in [-0.2, 0) is 16.6 Å². The summed E-state index contributed by atoms with van der Waals surface area (Å²) in [6, 6.07) is 0.321. The van der Waals surface area contributed by atoms with Gasteiger partial charge in [-0.3, -0.25) is 14.4 Å². The first-order chi connectivity index (χ1) is 9.20. The van der Waals surface area contributed by atoms with Crippen LogP contribution >= 0.6 is 0 Å². The number of hydrogen-bond acceptors (Lipinski definition) is 4. The number of nitrogens with zero attached hydrogens (tertiary/aromatic N) is 3. The number of amides is 1. The maximum absolute atomic E-state index is 11.8. The smallest absolute Gasteiger partial charge is 0.234 e. The Balaban J connectivity index is 1.87. The summed E-state index contributed by atoms with van der Waals surface area (Å²) in [7, 11) is 3.55. The Labute approximate surface area is 113 Å². The van der Waals surface area contributed by atoms with Crippen molar-refractivity contribution in [2.75, 3.05) is 33.4 Å². The molecule has 0 spiro atoms. The first kappa shape index (κ1) is 14.0. The average Bonchev–Trinajstić information content (AvgIpc) is 2.98. The summed E-state index contributed by atoms with van der Waals surface area (Å²) in [5.41, 5.74) is 1.20. The van der Waals surface area contributed by atoms with Crippen LogP contribution in [0, 0.1) is 0 Å². The lowest BCUT2D eigenvalue weighted by Crippen LogP contribution is -2.38. The number of aryl methyl sites for hydroxylation is 1. The second-order valence-electron chi connectivity index (χ2n) is 4.92. The Morgan fingerprint density at radius 2 is 2.47 bits per heavy atom. The van der Waals surface area contributed by atoms with E-state index in [1.807, 2.05) is 24.1 Å². The molecule has 1 aliphatic heterocycles. The highest BCUT2D eigenvalue weighted by atomic mass is 16.5. The molecule has 1 saturated heterocycles. The van der Waals surface area contributed by atoms with Crippen molar-refractivity contribution >= 4 is 5.91 Å². The van der Waals surface area contributed by atoms with Crippen LogP contribution in [0.15, 0.2) is 12.4 Å². The van der Waals surface area contributed by atoms with Gasteiger partial charge < -0.3 is 10.1 Å². The van der Waals surface area contributed by atoms with E-state index in [1.165, 1.54) is 5.56 Å². The number of likely N-dealkylation sites (tertiary alicyclic amines) is 1. The number of ether oxygens (including phenoxy) is 1. The van der Waals surface area contributed by atoms with Crippen molar-refractivity contribution in [2.45, 2.75) is 18.9 Å². The molecule has 106 valence electrons. The third-order valence-electron chi connectivity index (χ3n) is 3.45. The van der Waals surface area contributed by atoms with Gasteiger partial charge in [-0.05, 0) is 19.4 Å². The number of nitrogens with one attached hydrogen (secondary N) is 1. The van der Waals surface area contributed by atoms with Crippen molar-refractivity contribution in [3.8, 4) is 0 Å². The molecule has 0 radical (unpaired) electrons. The van der Waals surface area contributed by atoms with Gasteiger partial charge in [0, 0.05) is 38.5 Å². The van der Waals surface area contributed by atoms with Gasteiger partial charge in [0.25, 0.3) is 0 Å². The number of rotatable bonds is 6. The zero-order chi connectivity index (χ0) is 13.7. The summed E-state index contributed by atoms with van der Waals surface area (Å²) in [5, 5.41) is 7.07. The molecule has 6 heteroatoms. The van der Waals surface area contributed by atoms with E-state index in [4.69, 9.17) is 4.74 Å². The number of hydrogen-bond donors (Lipinski definition) is 1. The average molecular weight is 266 g/mol. The van der Waals surface area contributed by atoms with Crippen LogP contribution in [0.3, 0.4) is 0 Å². The second kappa shape index (κ2) is 6.68. The lowest BCUT2D eigenvalue weighted by Gasteiger charge is -2.22. The van der Waals surface area contributed by atoms with E-state index < -0.39 is 0 Å². The molecule has 1 atom stereocenters. The minimum atomic E-state index is 0.0628. The van der Waals surface area contributed by atoms with E-state index in [-0.39, 0.29) is 5.91 Å². The van der Waals surface area contributed by atoms with Gasteiger partial charge in [0.2, 0.25) is 5.91 Å². The molecule has 0 bridgehead atoms. The van der Waals surface area contributed by atoms with Crippen molar-refractivity contribution in [2.24, 2.45) is 7.05 Å². The fourth-order valence-electron chi connectivity index (χ4n) is 2.54. The van der Waals surface area contributed by atoms with Crippen LogP contribution < -0.4 is 5.32 Å². The third kappa shape index (κ3) is 3.78. The molecule has 0 aliphatic carbocycles. The molecule has 2 heterocycles. The molecule has 1 fully saturated rings. The van der Waals surface area contributed by atoms with Crippen molar-refractivity contribution in [3.63, 3.8) is 0 Å². The number of aromatic nitrogens is 2. The van der Waals surface area contributed by atoms with E-state index >= 15 is 0 Å². The summed E-state index contributed by atoms with van der Waals surface area (Å²) in [6.45, 7) is 2.54. The zero-order valence-electron chi connectivity index (χ0n) is 11.6. The molecule has 1 amide bonds. The minimum absolute atomic E-state index is 0.0628. The Bertz CT molecular complexity index is 419. The molecule has 0 aromatic carbocycles. The Kier molecular flexibility index (Phi) is 4.93. The fraction of sp³-hybridized carbons (Fsp3) is 0.692. The molecule has 1 N–H and O–H groups in total. The molecule has 6 nitrogen and oxygen atoms in total. The molecule has 1 aromatic rings. The highest BCUT2D eigenvalue weighted by Gasteiger charge is 2.28. The van der Waals surface area contributed by atoms with Crippen molar-refractivity contribution in [1.82, 2.24) is 20.0 Å². The van der Waals surface area contributed by atoms with Gasteiger partial charge in [-0.1, -0.05) is 0 Å². The topological polar surface area (TPSA) is 59.4 Å². The van der Waals surface area contributed by atoms with E-state index in [2.05, 4.69) is 15.3 Å². The standard InChI is InChI=1S/C13H22N4O2/c1-16-9-11(8-15-16)12-4-3-6-17(12)10-13(18)14-5-7-19-2/h8-9,12H,3-7,10H2,1-2H3,(H,14,18)/t12-/m1/s1. The van der Waals surface area contributed by atoms with Crippen LogP contribution in [-0.4, -0.2) is 53.9 Å². The second-order valence-corrected chi connectivity index (χ2v) is 4.92. The maximum atomic E-state index is 11.8. The third-order valence-corrected chi connectivity index (χ3v) is 3.45. The molecular formula is C13H22N4O2. The van der Waals surface area contributed by atoms with Gasteiger partial charge >= 0.3 is 0 Å². The first-order valence-electron chi connectivity index (χ1n) is 6.69. The minimum Gasteiger partial charge on any atom is -0.383 e. The van der Waals surface area contributed by atoms with Gasteiger partial charge in [-0.2, -0.15) is 5.10 Å². The summed E-state index contributed by atoms with van der Waals surface area (Å²) in [4.78, 5) is 14.0. The highest BCUT2D eigenvalue weighted by Crippen LogP contribution is 2.30. The van der Waals surface area contributed by atoms with Gasteiger partial charge in [0.15, 0.2) is 0 Å². The Morgan fingerprint density at radius 1 is 1.63 bits per heavy atom. The van der Waals surface area contributed by atoms with Gasteiger partial charge in [0.05, 0.1) is 19.3 Å². The van der Waals surface area contributed by atoms with Crippen molar-refractivity contribution in [3.05, 3.63) is 18.0 Å². The molecular weight excluding hydrogens is 244 g/mol. The Morgan fingerprint density at radius 3 is 3.16 bits per heavy atom. The Hall–Kier alpha value is -1.40. The first-order valence-corrected chi connectivity index (χ1v) is 6.69. The largest absolute Gasteiger partial charge is 0.383 e. The van der Waals surface area contributed by atoms with Crippen molar-refractivity contribution in [1.29, 1.82) is 0 Å². The number of carbonyl (C=O) groups is 1. The molecule has 0 unspecified atom stereocenters. The van der Waals surface area contributed by atoms with Gasteiger partial charge in [-0.15, -0.1) is 0 Å². The van der Waals surface area contributed by atoms with Crippen LogP contribution in [0.1, 0.15) is 24.4 Å². The van der Waals surface area contributed by atoms with E-state index in [1.54, 1.807) is 7.11 Å². The van der Waals surface area contributed by atoms with E-state index in [0.29, 0.717) is 25.7 Å². The van der Waals surface area contributed by atoms with Crippen LogP contribution in [0.2, 0.25) is 0 Å². The van der Waals surface area contributed by atoms with Crippen molar-refractivity contribution < 1.29 is 9.53 Å². The number of methoxy groups -OCH3 is 1. The fourth-order valence-corrected chi connectivity index (χ4v) is 2.54. The van der Waals surface area contributed by atoms with Gasteiger partial charge in [0.1, 0.15) is 0 Å². The molecule has 2 rings (SSSR count). The SMILES string of the molecule is COCCNC(=O)CN1CCC[C@@H]1c1cnn(C)c1. The predicted octanol–water partition coefficient (Wildman–Crippen LogP) is 0.320. The molecule has 1 aromatic heterocycles. The molecule has 1 aliphatic rings. The summed E-state index contributed by atoms with van der Waals surface area (Å²) >= 11 is 0. The quantitative estimate of drug-likeness (QED) is 0.753. The van der Waals surface area contributed by atoms with Gasteiger partial charge in [-0.25, -0.2) is 0 Å². The monoisotopic (exact) mass is 266 g/mol. The lowest BCUT2D eigenvalue weighted by atomic mass is 10.1. The molecule has 19 heavy (non-hydrogen) atoms. The zero-order valence-corrected chi connectivity index (χ0v) is 11.6. The van der Waals surface area contributed by atoms with E-state index in [9.17, 15) is 4.79 Å². The normalized spacial score (nSPS) is 19.8. The summed E-state index contributed by atoms with van der Waals surface area (Å²) in [5.74, 6) is 0.0628. The van der Waals surface area contributed by atoms with Crippen LogP contribution in [0.4, 0.5) is 0 Å². The molecule has 0 saturated carbocycles. The van der Waals surface area contributed by atoms with Crippen LogP contribution in [0.5, 0.6) is 0 Å². The summed E-state index contributed by atoms with van der Waals surface area (Å²) < 4.78 is 6.73. The summed E-state index contributed by atoms with van der Waals surface area (Å²) in [6.07, 6.45) is 6.15. The maximum Gasteiger partial charge on any atom is 0.234 e. The van der Waals surface area contributed by atoms with Crippen LogP contribution in [0.25, 0.3) is 0 Å². The number of carbonyl (C=O) groups excluding carboxylic acids is 1. The predicted molar refractivity (Wildman–Crippen MR) is 71.6 cm³/mol. The highest BCUT2D eigenvalue weighted by molar-refractivity contribution is 5.78. The lowest BCUT2D eigenvalue weighted by molar-refractivity contribution is -0.122. The van der Waals surface area contributed by atoms with E-state index in [0.717, 1.165) is 19.4 Å².